The monoisotopic (exact) mass is 306 g/mol. The number of amides is 2. The number of carbonyl (C=O) groups excluding carboxylic acids is 1. The van der Waals surface area contributed by atoms with E-state index in [1.165, 1.54) is 4.68 Å². The van der Waals surface area contributed by atoms with Crippen molar-refractivity contribution in [2.24, 2.45) is 5.73 Å². The molecule has 0 spiro atoms. The van der Waals surface area contributed by atoms with Crippen LogP contribution in [-0.4, -0.2) is 45.3 Å². The van der Waals surface area contributed by atoms with E-state index in [0.717, 1.165) is 0 Å². The Hall–Kier alpha value is -2.58. The first-order valence-corrected chi connectivity index (χ1v) is 6.66. The summed E-state index contributed by atoms with van der Waals surface area (Å²) in [5, 5.41) is 24.9. The molecule has 22 heavy (non-hydrogen) atoms. The van der Waals surface area contributed by atoms with Gasteiger partial charge >= 0.3 is 6.03 Å². The van der Waals surface area contributed by atoms with E-state index >= 15 is 0 Å². The third kappa shape index (κ3) is 3.54. The molecular weight excluding hydrogens is 288 g/mol. The molecule has 0 fully saturated rings. The van der Waals surface area contributed by atoms with Crippen LogP contribution >= 0.6 is 0 Å². The molecule has 1 atom stereocenters. The molecule has 0 aliphatic heterocycles. The molecule has 1 aromatic heterocycles. The fraction of sp³-hybridized carbons (Fsp3) is 0.286. The van der Waals surface area contributed by atoms with Crippen LogP contribution in [0.5, 0.6) is 5.88 Å². The van der Waals surface area contributed by atoms with Gasteiger partial charge in [0.15, 0.2) is 0 Å². The van der Waals surface area contributed by atoms with Gasteiger partial charge in [0, 0.05) is 0 Å². The Kier molecular flexibility index (Phi) is 4.97. The number of carbonyl (C=O) groups is 1. The van der Waals surface area contributed by atoms with Gasteiger partial charge in [0.2, 0.25) is 5.88 Å². The van der Waals surface area contributed by atoms with Gasteiger partial charge < -0.3 is 20.7 Å². The van der Waals surface area contributed by atoms with Gasteiger partial charge in [-0.3, -0.25) is 5.32 Å². The smallest absolute Gasteiger partial charge is 0.317 e. The molecule has 0 bridgehead atoms. The summed E-state index contributed by atoms with van der Waals surface area (Å²) in [7, 11) is 0. The fourth-order valence-corrected chi connectivity index (χ4v) is 1.86. The van der Waals surface area contributed by atoms with E-state index in [2.05, 4.69) is 10.4 Å². The van der Waals surface area contributed by atoms with E-state index in [1.807, 2.05) is 30.3 Å². The Morgan fingerprint density at radius 1 is 1.45 bits per heavy atom. The van der Waals surface area contributed by atoms with Crippen LogP contribution in [0.15, 0.2) is 30.3 Å². The second-order valence-electron chi connectivity index (χ2n) is 4.66. The SMILES string of the molecule is Cc1c(OCC(O)CO)nn(-c2ccccc2)c1NC(N)=O. The second-order valence-corrected chi connectivity index (χ2v) is 4.66. The van der Waals surface area contributed by atoms with Crippen molar-refractivity contribution in [3.05, 3.63) is 35.9 Å². The molecule has 8 nitrogen and oxygen atoms in total. The lowest BCUT2D eigenvalue weighted by Crippen LogP contribution is -2.22. The number of nitrogens with zero attached hydrogens (tertiary/aromatic N) is 2. The summed E-state index contributed by atoms with van der Waals surface area (Å²) in [6.07, 6.45) is -1.01. The highest BCUT2D eigenvalue weighted by Gasteiger charge is 2.18. The molecule has 2 aromatic rings. The number of primary amides is 1. The molecule has 2 amide bonds. The number of benzene rings is 1. The van der Waals surface area contributed by atoms with E-state index < -0.39 is 18.7 Å². The van der Waals surface area contributed by atoms with Crippen LogP contribution in [0.1, 0.15) is 5.56 Å². The molecule has 1 aromatic carbocycles. The predicted molar refractivity (Wildman–Crippen MR) is 80.1 cm³/mol. The minimum absolute atomic E-state index is 0.112. The van der Waals surface area contributed by atoms with Crippen molar-refractivity contribution < 1.29 is 19.7 Å². The summed E-state index contributed by atoms with van der Waals surface area (Å²) in [6, 6.07) is 8.42. The van der Waals surface area contributed by atoms with Gasteiger partial charge in [-0.15, -0.1) is 5.10 Å². The number of hydrogen-bond acceptors (Lipinski definition) is 5. The number of aliphatic hydroxyl groups is 2. The largest absolute Gasteiger partial charge is 0.474 e. The van der Waals surface area contributed by atoms with Crippen molar-refractivity contribution >= 4 is 11.8 Å². The number of urea groups is 1. The molecule has 5 N–H and O–H groups in total. The number of aromatic nitrogens is 2. The molecule has 1 unspecified atom stereocenters. The van der Waals surface area contributed by atoms with Crippen molar-refractivity contribution in [1.29, 1.82) is 0 Å². The van der Waals surface area contributed by atoms with Crippen molar-refractivity contribution in [2.75, 3.05) is 18.5 Å². The zero-order chi connectivity index (χ0) is 16.1. The predicted octanol–water partition coefficient (Wildman–Crippen LogP) is 0.403. The van der Waals surface area contributed by atoms with Gasteiger partial charge in [-0.2, -0.15) is 0 Å². The number of hydrogen-bond donors (Lipinski definition) is 4. The molecule has 0 radical (unpaired) electrons. The van der Waals surface area contributed by atoms with Crippen molar-refractivity contribution in [3.63, 3.8) is 0 Å². The summed E-state index contributed by atoms with van der Waals surface area (Å²) >= 11 is 0. The first-order chi connectivity index (χ1) is 10.5. The average molecular weight is 306 g/mol. The first kappa shape index (κ1) is 15.8. The Balaban J connectivity index is 2.37. The van der Waals surface area contributed by atoms with Crippen LogP contribution in [0.25, 0.3) is 5.69 Å². The van der Waals surface area contributed by atoms with Gasteiger partial charge in [-0.1, -0.05) is 18.2 Å². The zero-order valence-corrected chi connectivity index (χ0v) is 12.1. The van der Waals surface area contributed by atoms with Gasteiger partial charge in [0.1, 0.15) is 18.5 Å². The molecule has 0 saturated carbocycles. The zero-order valence-electron chi connectivity index (χ0n) is 12.1. The van der Waals surface area contributed by atoms with Crippen LogP contribution < -0.4 is 15.8 Å². The van der Waals surface area contributed by atoms with Gasteiger partial charge in [-0.25, -0.2) is 9.48 Å². The summed E-state index contributed by atoms with van der Waals surface area (Å²) in [5.74, 6) is 0.618. The van der Waals surface area contributed by atoms with E-state index in [-0.39, 0.29) is 12.5 Å². The molecule has 118 valence electrons. The number of nitrogens with one attached hydrogen (secondary N) is 1. The fourth-order valence-electron chi connectivity index (χ4n) is 1.86. The third-order valence-corrected chi connectivity index (χ3v) is 2.94. The maximum Gasteiger partial charge on any atom is 0.317 e. The van der Waals surface area contributed by atoms with Gasteiger partial charge in [0.05, 0.1) is 17.9 Å². The number of anilines is 1. The summed E-state index contributed by atoms with van der Waals surface area (Å²) in [4.78, 5) is 11.2. The number of aliphatic hydroxyl groups excluding tert-OH is 2. The normalized spacial score (nSPS) is 12.0. The number of ether oxygens (including phenoxy) is 1. The Morgan fingerprint density at radius 3 is 2.73 bits per heavy atom. The maximum atomic E-state index is 11.2. The van der Waals surface area contributed by atoms with E-state index in [4.69, 9.17) is 15.6 Å². The molecule has 0 saturated heterocycles. The highest BCUT2D eigenvalue weighted by atomic mass is 16.5. The second kappa shape index (κ2) is 6.92. The van der Waals surface area contributed by atoms with Crippen molar-refractivity contribution in [2.45, 2.75) is 13.0 Å². The summed E-state index contributed by atoms with van der Waals surface area (Å²) < 4.78 is 6.87. The van der Waals surface area contributed by atoms with Crippen LogP contribution in [0.2, 0.25) is 0 Å². The highest BCUT2D eigenvalue weighted by Crippen LogP contribution is 2.28. The van der Waals surface area contributed by atoms with E-state index in [1.54, 1.807) is 6.92 Å². The standard InChI is InChI=1S/C14H18N4O4/c1-9-12(16-14(15)21)18(10-5-3-2-4-6-10)17-13(9)22-8-11(20)7-19/h2-6,11,19-20H,7-8H2,1H3,(H3,15,16,21). The number of para-hydroxylation sites is 1. The lowest BCUT2D eigenvalue weighted by Gasteiger charge is -2.07. The maximum absolute atomic E-state index is 11.2. The van der Waals surface area contributed by atoms with Crippen LogP contribution in [-0.2, 0) is 0 Å². The molecule has 0 aliphatic carbocycles. The average Bonchev–Trinajstić information content (AvgIpc) is 2.82. The molecule has 2 rings (SSSR count). The highest BCUT2D eigenvalue weighted by molar-refractivity contribution is 5.88. The Bertz CT molecular complexity index is 642. The minimum atomic E-state index is -1.01. The quantitative estimate of drug-likeness (QED) is 0.615. The van der Waals surface area contributed by atoms with E-state index in [0.29, 0.717) is 17.1 Å². The number of nitrogens with two attached hydrogens (primary N) is 1. The molecule has 8 heteroatoms. The van der Waals surface area contributed by atoms with Crippen LogP contribution in [0.4, 0.5) is 10.6 Å². The van der Waals surface area contributed by atoms with Gasteiger partial charge in [0.25, 0.3) is 0 Å². The van der Waals surface area contributed by atoms with Crippen LogP contribution in [0, 0.1) is 6.92 Å². The molecular formula is C14H18N4O4. The lowest BCUT2D eigenvalue weighted by molar-refractivity contribution is 0.0518. The Morgan fingerprint density at radius 2 is 2.14 bits per heavy atom. The molecule has 1 heterocycles. The summed E-state index contributed by atoms with van der Waals surface area (Å²) in [6.45, 7) is 1.18. The minimum Gasteiger partial charge on any atom is -0.474 e. The number of rotatable bonds is 6. The van der Waals surface area contributed by atoms with Crippen molar-refractivity contribution in [3.8, 4) is 11.6 Å². The van der Waals surface area contributed by atoms with Crippen LogP contribution in [0.3, 0.4) is 0 Å². The topological polar surface area (TPSA) is 123 Å². The lowest BCUT2D eigenvalue weighted by atomic mass is 10.3. The Labute approximate surface area is 127 Å². The summed E-state index contributed by atoms with van der Waals surface area (Å²) in [5.41, 5.74) is 6.47. The van der Waals surface area contributed by atoms with E-state index in [9.17, 15) is 9.90 Å². The molecule has 0 aliphatic rings. The van der Waals surface area contributed by atoms with Gasteiger partial charge in [-0.05, 0) is 19.1 Å². The first-order valence-electron chi connectivity index (χ1n) is 6.66. The third-order valence-electron chi connectivity index (χ3n) is 2.94. The van der Waals surface area contributed by atoms with Crippen molar-refractivity contribution in [1.82, 2.24) is 9.78 Å².